The van der Waals surface area contributed by atoms with Gasteiger partial charge in [-0.2, -0.15) is 0 Å². The molecule has 1 amide bonds. The molecule has 4 atom stereocenters. The zero-order valence-electron chi connectivity index (χ0n) is 24.1. The molecule has 0 saturated carbocycles. The SMILES string of the molecule is COc1ccc(CC(Cc2ccc(OC)cc2)N2C(=O)[C@H]([C@@H](C)OC(=O)OCc3ccccc3)[C@H]2[C@H](C)CO)cc1. The van der Waals surface area contributed by atoms with Gasteiger partial charge in [0, 0.05) is 18.6 Å². The molecule has 0 spiro atoms. The van der Waals surface area contributed by atoms with Crippen LogP contribution in [0.5, 0.6) is 11.5 Å². The third-order valence-electron chi connectivity index (χ3n) is 7.74. The van der Waals surface area contributed by atoms with E-state index in [0.29, 0.717) is 12.8 Å². The van der Waals surface area contributed by atoms with Gasteiger partial charge in [0.1, 0.15) is 24.2 Å². The van der Waals surface area contributed by atoms with Gasteiger partial charge >= 0.3 is 6.16 Å². The summed E-state index contributed by atoms with van der Waals surface area (Å²) in [5, 5.41) is 10.1. The van der Waals surface area contributed by atoms with Crippen LogP contribution in [0.4, 0.5) is 4.79 Å². The average molecular weight is 562 g/mol. The lowest BCUT2D eigenvalue weighted by atomic mass is 9.74. The summed E-state index contributed by atoms with van der Waals surface area (Å²) in [6.45, 7) is 3.60. The monoisotopic (exact) mass is 561 g/mol. The maximum Gasteiger partial charge on any atom is 0.508 e. The van der Waals surface area contributed by atoms with Crippen LogP contribution in [-0.4, -0.2) is 61.1 Å². The topological polar surface area (TPSA) is 94.5 Å². The third kappa shape index (κ3) is 7.38. The largest absolute Gasteiger partial charge is 0.508 e. The minimum Gasteiger partial charge on any atom is -0.497 e. The van der Waals surface area contributed by atoms with Crippen molar-refractivity contribution in [3.05, 3.63) is 95.6 Å². The Hall–Kier alpha value is -4.04. The number of ether oxygens (including phenoxy) is 4. The summed E-state index contributed by atoms with van der Waals surface area (Å²) in [7, 11) is 3.25. The number of likely N-dealkylation sites (tertiary alicyclic amines) is 1. The normalized spacial score (nSPS) is 17.9. The molecule has 1 fully saturated rings. The number of benzene rings is 3. The Morgan fingerprint density at radius 2 is 1.37 bits per heavy atom. The van der Waals surface area contributed by atoms with Crippen LogP contribution in [0.15, 0.2) is 78.9 Å². The van der Waals surface area contributed by atoms with Crippen molar-refractivity contribution < 1.29 is 33.6 Å². The summed E-state index contributed by atoms with van der Waals surface area (Å²) in [5.41, 5.74) is 2.96. The molecular weight excluding hydrogens is 522 g/mol. The van der Waals surface area contributed by atoms with E-state index >= 15 is 0 Å². The summed E-state index contributed by atoms with van der Waals surface area (Å²) in [4.78, 5) is 28.1. The van der Waals surface area contributed by atoms with E-state index in [4.69, 9.17) is 18.9 Å². The molecular formula is C33H39NO7. The van der Waals surface area contributed by atoms with Gasteiger partial charge in [0.15, 0.2) is 0 Å². The van der Waals surface area contributed by atoms with Crippen molar-refractivity contribution in [3.8, 4) is 11.5 Å². The fourth-order valence-corrected chi connectivity index (χ4v) is 5.51. The van der Waals surface area contributed by atoms with Crippen molar-refractivity contribution in [3.63, 3.8) is 0 Å². The minimum atomic E-state index is -0.823. The molecule has 1 aliphatic heterocycles. The number of amides is 1. The highest BCUT2D eigenvalue weighted by molar-refractivity contribution is 5.87. The second-order valence-electron chi connectivity index (χ2n) is 10.5. The van der Waals surface area contributed by atoms with E-state index in [-0.39, 0.29) is 37.1 Å². The van der Waals surface area contributed by atoms with Crippen molar-refractivity contribution in [2.75, 3.05) is 20.8 Å². The number of nitrogens with zero attached hydrogens (tertiary/aromatic N) is 1. The Bertz CT molecular complexity index is 1210. The molecule has 1 heterocycles. The summed E-state index contributed by atoms with van der Waals surface area (Å²) < 4.78 is 21.5. The maximum atomic E-state index is 13.8. The summed E-state index contributed by atoms with van der Waals surface area (Å²) >= 11 is 0. The second-order valence-corrected chi connectivity index (χ2v) is 10.5. The number of rotatable bonds is 13. The third-order valence-corrected chi connectivity index (χ3v) is 7.74. The first-order chi connectivity index (χ1) is 19.8. The highest BCUT2D eigenvalue weighted by Crippen LogP contribution is 2.39. The Kier molecular flexibility index (Phi) is 10.2. The zero-order chi connectivity index (χ0) is 29.4. The van der Waals surface area contributed by atoms with Gasteiger partial charge in [-0.3, -0.25) is 4.79 Å². The van der Waals surface area contributed by atoms with E-state index in [9.17, 15) is 14.7 Å². The molecule has 4 rings (SSSR count). The minimum absolute atomic E-state index is 0.0827. The lowest BCUT2D eigenvalue weighted by Crippen LogP contribution is -2.70. The van der Waals surface area contributed by atoms with Crippen LogP contribution < -0.4 is 9.47 Å². The molecule has 8 heteroatoms. The molecule has 1 N–H and O–H groups in total. The molecule has 41 heavy (non-hydrogen) atoms. The van der Waals surface area contributed by atoms with Gasteiger partial charge in [0.25, 0.3) is 0 Å². The molecule has 1 aliphatic rings. The number of β-lactam (4-membered cyclic amide) rings is 1. The summed E-state index contributed by atoms with van der Waals surface area (Å²) in [6, 6.07) is 24.5. The molecule has 0 radical (unpaired) electrons. The van der Waals surface area contributed by atoms with Crippen molar-refractivity contribution in [1.82, 2.24) is 4.90 Å². The Morgan fingerprint density at radius 3 is 1.85 bits per heavy atom. The Balaban J connectivity index is 1.52. The van der Waals surface area contributed by atoms with Crippen LogP contribution in [-0.2, 0) is 33.7 Å². The first-order valence-corrected chi connectivity index (χ1v) is 13.9. The van der Waals surface area contributed by atoms with Crippen molar-refractivity contribution >= 4 is 12.1 Å². The molecule has 0 aromatic heterocycles. The Labute approximate surface area is 241 Å². The lowest BCUT2D eigenvalue weighted by Gasteiger charge is -2.54. The van der Waals surface area contributed by atoms with Crippen LogP contribution >= 0.6 is 0 Å². The van der Waals surface area contributed by atoms with E-state index in [0.717, 1.165) is 28.2 Å². The quantitative estimate of drug-likeness (QED) is 0.230. The standard InChI is InChI=1S/C33H39NO7/c1-22(20-35)31-30(23(2)41-33(37)40-21-26-8-6-5-7-9-26)32(36)34(31)27(18-24-10-14-28(38-3)15-11-24)19-25-12-16-29(39-4)17-13-25/h5-17,22-23,27,30-31,35H,18-21H2,1-4H3/t22-,23-,30-,31-/m1/s1. The van der Waals surface area contributed by atoms with E-state index in [2.05, 4.69) is 0 Å². The van der Waals surface area contributed by atoms with Crippen LogP contribution in [0, 0.1) is 11.8 Å². The number of carbonyl (C=O) groups excluding carboxylic acids is 2. The summed E-state index contributed by atoms with van der Waals surface area (Å²) in [6.07, 6.45) is -0.325. The number of aliphatic hydroxyl groups is 1. The molecule has 0 aliphatic carbocycles. The van der Waals surface area contributed by atoms with Gasteiger partial charge in [-0.25, -0.2) is 4.79 Å². The lowest BCUT2D eigenvalue weighted by molar-refractivity contribution is -0.176. The van der Waals surface area contributed by atoms with Crippen LogP contribution in [0.2, 0.25) is 0 Å². The van der Waals surface area contributed by atoms with Gasteiger partial charge < -0.3 is 29.0 Å². The highest BCUT2D eigenvalue weighted by Gasteiger charge is 2.55. The fraction of sp³-hybridized carbons (Fsp3) is 0.394. The molecule has 3 aromatic carbocycles. The van der Waals surface area contributed by atoms with E-state index in [1.807, 2.05) is 90.7 Å². The van der Waals surface area contributed by atoms with Gasteiger partial charge in [-0.05, 0) is 60.7 Å². The molecule has 218 valence electrons. The predicted octanol–water partition coefficient (Wildman–Crippen LogP) is 5.05. The smallest absolute Gasteiger partial charge is 0.497 e. The van der Waals surface area contributed by atoms with Crippen molar-refractivity contribution in [2.24, 2.45) is 11.8 Å². The molecule has 0 unspecified atom stereocenters. The highest BCUT2D eigenvalue weighted by atomic mass is 16.7. The van der Waals surface area contributed by atoms with Gasteiger partial charge in [-0.15, -0.1) is 0 Å². The zero-order valence-corrected chi connectivity index (χ0v) is 24.1. The predicted molar refractivity (Wildman–Crippen MR) is 155 cm³/mol. The first-order valence-electron chi connectivity index (χ1n) is 13.9. The number of aliphatic hydroxyl groups excluding tert-OH is 1. The fourth-order valence-electron chi connectivity index (χ4n) is 5.51. The van der Waals surface area contributed by atoms with Crippen LogP contribution in [0.25, 0.3) is 0 Å². The van der Waals surface area contributed by atoms with Gasteiger partial charge in [0.2, 0.25) is 5.91 Å². The second kappa shape index (κ2) is 14.0. The van der Waals surface area contributed by atoms with Gasteiger partial charge in [-0.1, -0.05) is 61.5 Å². The molecule has 3 aromatic rings. The van der Waals surface area contributed by atoms with Gasteiger partial charge in [0.05, 0.1) is 26.2 Å². The number of methoxy groups -OCH3 is 2. The summed E-state index contributed by atoms with van der Waals surface area (Å²) in [5.74, 6) is 0.606. The molecule has 1 saturated heterocycles. The van der Waals surface area contributed by atoms with E-state index < -0.39 is 18.2 Å². The molecule has 0 bridgehead atoms. The number of hydrogen-bond acceptors (Lipinski definition) is 7. The number of hydrogen-bond donors (Lipinski definition) is 1. The first kappa shape index (κ1) is 29.9. The Morgan fingerprint density at radius 1 is 0.829 bits per heavy atom. The molecule has 8 nitrogen and oxygen atoms in total. The van der Waals surface area contributed by atoms with Crippen LogP contribution in [0.1, 0.15) is 30.5 Å². The van der Waals surface area contributed by atoms with Crippen LogP contribution in [0.3, 0.4) is 0 Å². The van der Waals surface area contributed by atoms with Crippen molar-refractivity contribution in [2.45, 2.75) is 51.5 Å². The maximum absolute atomic E-state index is 13.8. The average Bonchev–Trinajstić information content (AvgIpc) is 2.99. The van der Waals surface area contributed by atoms with Crippen molar-refractivity contribution in [1.29, 1.82) is 0 Å². The van der Waals surface area contributed by atoms with E-state index in [1.54, 1.807) is 21.1 Å². The van der Waals surface area contributed by atoms with E-state index in [1.165, 1.54) is 0 Å². The number of carbonyl (C=O) groups is 2.